The minimum absolute atomic E-state index is 0.0815. The third kappa shape index (κ3) is 4.65. The molecule has 8 heteroatoms. The van der Waals surface area contributed by atoms with E-state index in [0.717, 1.165) is 6.42 Å². The van der Waals surface area contributed by atoms with Gasteiger partial charge in [0.25, 0.3) is 0 Å². The van der Waals surface area contributed by atoms with Crippen molar-refractivity contribution < 1.29 is 17.9 Å². The maximum absolute atomic E-state index is 12.9. The van der Waals surface area contributed by atoms with Gasteiger partial charge in [-0.15, -0.1) is 0 Å². The number of benzene rings is 1. The maximum atomic E-state index is 12.9. The van der Waals surface area contributed by atoms with E-state index < -0.39 is 10.0 Å². The highest BCUT2D eigenvalue weighted by Gasteiger charge is 2.33. The molecule has 140 valence electrons. The molecule has 1 aromatic carbocycles. The van der Waals surface area contributed by atoms with Gasteiger partial charge in [0.1, 0.15) is 5.75 Å². The van der Waals surface area contributed by atoms with Crippen LogP contribution in [0.3, 0.4) is 0 Å². The highest BCUT2D eigenvalue weighted by atomic mass is 35.5. The molecule has 0 unspecified atom stereocenters. The van der Waals surface area contributed by atoms with Crippen molar-refractivity contribution in [2.45, 2.75) is 44.0 Å². The third-order valence-electron chi connectivity index (χ3n) is 4.52. The Balaban J connectivity index is 2.16. The fraction of sp³-hybridized carbons (Fsp3) is 0.588. The first-order valence-corrected chi connectivity index (χ1v) is 10.3. The van der Waals surface area contributed by atoms with Crippen LogP contribution < -0.4 is 10.1 Å². The molecule has 2 atom stereocenters. The van der Waals surface area contributed by atoms with Crippen LogP contribution >= 0.6 is 11.6 Å². The summed E-state index contributed by atoms with van der Waals surface area (Å²) in [5.74, 6) is 0.0123. The number of methoxy groups -OCH3 is 1. The highest BCUT2D eigenvalue weighted by molar-refractivity contribution is 7.89. The molecular formula is C17H25ClN2O4S. The zero-order valence-electron chi connectivity index (χ0n) is 14.8. The number of rotatable bonds is 6. The quantitative estimate of drug-likeness (QED) is 0.812. The average Bonchev–Trinajstić information content (AvgIpc) is 2.61. The Labute approximate surface area is 154 Å². The fourth-order valence-electron chi connectivity index (χ4n) is 2.79. The van der Waals surface area contributed by atoms with Crippen molar-refractivity contribution in [2.75, 3.05) is 20.2 Å². The molecule has 1 heterocycles. The maximum Gasteiger partial charge on any atom is 0.243 e. The predicted octanol–water partition coefficient (Wildman–Crippen LogP) is 2.66. The van der Waals surface area contributed by atoms with E-state index in [1.54, 1.807) is 0 Å². The van der Waals surface area contributed by atoms with Crippen LogP contribution in [0.4, 0.5) is 0 Å². The number of nitrogens with zero attached hydrogens (tertiary/aromatic N) is 1. The van der Waals surface area contributed by atoms with E-state index in [9.17, 15) is 13.2 Å². The highest BCUT2D eigenvalue weighted by Crippen LogP contribution is 2.30. The van der Waals surface area contributed by atoms with E-state index >= 15 is 0 Å². The normalized spacial score (nSPS) is 20.1. The van der Waals surface area contributed by atoms with Gasteiger partial charge in [-0.3, -0.25) is 4.79 Å². The fourth-order valence-corrected chi connectivity index (χ4v) is 4.67. The Morgan fingerprint density at radius 1 is 1.48 bits per heavy atom. The second-order valence-electron chi connectivity index (χ2n) is 6.32. The van der Waals surface area contributed by atoms with Crippen molar-refractivity contribution in [3.63, 3.8) is 0 Å². The third-order valence-corrected chi connectivity index (χ3v) is 6.67. The molecule has 1 N–H and O–H groups in total. The lowest BCUT2D eigenvalue weighted by atomic mass is 9.98. The van der Waals surface area contributed by atoms with Gasteiger partial charge >= 0.3 is 0 Å². The summed E-state index contributed by atoms with van der Waals surface area (Å²) in [4.78, 5) is 12.5. The number of piperidine rings is 1. The standard InChI is InChI=1S/C17H25ClN2O4S/c1-4-12(2)19-17(21)13-6-5-9-20(11-13)25(22,23)14-7-8-16(24-3)15(18)10-14/h7-8,10,12-13H,4-6,9,11H2,1-3H3,(H,19,21)/t12-,13+/m0/s1. The first-order valence-electron chi connectivity index (χ1n) is 8.43. The van der Waals surface area contributed by atoms with Crippen molar-refractivity contribution in [1.29, 1.82) is 0 Å². The number of nitrogens with one attached hydrogen (secondary N) is 1. The van der Waals surface area contributed by atoms with Gasteiger partial charge in [-0.2, -0.15) is 4.31 Å². The van der Waals surface area contributed by atoms with Crippen LogP contribution in [0.1, 0.15) is 33.1 Å². The second kappa shape index (κ2) is 8.38. The van der Waals surface area contributed by atoms with E-state index in [1.165, 1.54) is 29.6 Å². The number of carbonyl (C=O) groups excluding carboxylic acids is 1. The van der Waals surface area contributed by atoms with Crippen LogP contribution in [-0.4, -0.2) is 44.9 Å². The van der Waals surface area contributed by atoms with E-state index in [-0.39, 0.29) is 34.3 Å². The van der Waals surface area contributed by atoms with Crippen molar-refractivity contribution in [2.24, 2.45) is 5.92 Å². The monoisotopic (exact) mass is 388 g/mol. The summed E-state index contributed by atoms with van der Waals surface area (Å²) in [6.07, 6.45) is 2.18. The van der Waals surface area contributed by atoms with Gasteiger partial charge < -0.3 is 10.1 Å². The molecule has 1 amide bonds. The molecule has 1 fully saturated rings. The van der Waals surface area contributed by atoms with Gasteiger partial charge in [-0.05, 0) is 44.4 Å². The zero-order valence-corrected chi connectivity index (χ0v) is 16.4. The number of carbonyl (C=O) groups is 1. The number of halogens is 1. The van der Waals surface area contributed by atoms with Gasteiger partial charge in [0, 0.05) is 19.1 Å². The minimum Gasteiger partial charge on any atom is -0.495 e. The number of amides is 1. The van der Waals surface area contributed by atoms with E-state index in [1.807, 2.05) is 13.8 Å². The van der Waals surface area contributed by atoms with Crippen LogP contribution in [0, 0.1) is 5.92 Å². The average molecular weight is 389 g/mol. The Bertz CT molecular complexity index is 723. The number of hydrogen-bond acceptors (Lipinski definition) is 4. The van der Waals surface area contributed by atoms with Crippen LogP contribution in [0.25, 0.3) is 0 Å². The van der Waals surface area contributed by atoms with Crippen LogP contribution in [0.2, 0.25) is 5.02 Å². The molecule has 25 heavy (non-hydrogen) atoms. The van der Waals surface area contributed by atoms with Crippen LogP contribution in [0.15, 0.2) is 23.1 Å². The predicted molar refractivity (Wildman–Crippen MR) is 97.4 cm³/mol. The Hall–Kier alpha value is -1.31. The SMILES string of the molecule is CC[C@H](C)NC(=O)[C@@H]1CCCN(S(=O)(=O)c2ccc(OC)c(Cl)c2)C1. The number of ether oxygens (including phenoxy) is 1. The summed E-state index contributed by atoms with van der Waals surface area (Å²) >= 11 is 6.05. The molecule has 0 aromatic heterocycles. The molecule has 1 aromatic rings. The molecule has 6 nitrogen and oxygen atoms in total. The molecule has 1 aliphatic rings. The minimum atomic E-state index is -3.70. The van der Waals surface area contributed by atoms with Crippen molar-refractivity contribution >= 4 is 27.5 Å². The van der Waals surface area contributed by atoms with Gasteiger partial charge in [-0.25, -0.2) is 8.42 Å². The molecule has 2 rings (SSSR count). The molecule has 0 saturated carbocycles. The zero-order chi connectivity index (χ0) is 18.6. The first kappa shape index (κ1) is 20.0. The second-order valence-corrected chi connectivity index (χ2v) is 8.66. The molecule has 0 aliphatic carbocycles. The summed E-state index contributed by atoms with van der Waals surface area (Å²) in [5.41, 5.74) is 0. The van der Waals surface area contributed by atoms with Crippen LogP contribution in [-0.2, 0) is 14.8 Å². The molecule has 0 bridgehead atoms. The molecule has 0 spiro atoms. The van der Waals surface area contributed by atoms with Gasteiger partial charge in [0.2, 0.25) is 15.9 Å². The van der Waals surface area contributed by atoms with E-state index in [2.05, 4.69) is 5.32 Å². The van der Waals surface area contributed by atoms with Crippen molar-refractivity contribution in [3.05, 3.63) is 23.2 Å². The summed E-state index contributed by atoms with van der Waals surface area (Å²) in [7, 11) is -2.22. The molecular weight excluding hydrogens is 364 g/mol. The molecule has 1 aliphatic heterocycles. The summed E-state index contributed by atoms with van der Waals surface area (Å²) in [5, 5.41) is 3.18. The van der Waals surface area contributed by atoms with Gasteiger partial charge in [-0.1, -0.05) is 18.5 Å². The molecule has 0 radical (unpaired) electrons. The number of sulfonamides is 1. The lowest BCUT2D eigenvalue weighted by molar-refractivity contribution is -0.126. The number of hydrogen-bond donors (Lipinski definition) is 1. The van der Waals surface area contributed by atoms with Crippen molar-refractivity contribution in [3.8, 4) is 5.75 Å². The Morgan fingerprint density at radius 3 is 2.80 bits per heavy atom. The summed E-state index contributed by atoms with van der Waals surface area (Å²) < 4.78 is 32.2. The van der Waals surface area contributed by atoms with E-state index in [0.29, 0.717) is 25.1 Å². The summed E-state index contributed by atoms with van der Waals surface area (Å²) in [6.45, 7) is 4.53. The van der Waals surface area contributed by atoms with E-state index in [4.69, 9.17) is 16.3 Å². The smallest absolute Gasteiger partial charge is 0.243 e. The van der Waals surface area contributed by atoms with Gasteiger partial charge in [0.05, 0.1) is 22.9 Å². The lowest BCUT2D eigenvalue weighted by Gasteiger charge is -2.31. The summed E-state index contributed by atoms with van der Waals surface area (Å²) in [6, 6.07) is 4.48. The Morgan fingerprint density at radius 2 is 2.20 bits per heavy atom. The topological polar surface area (TPSA) is 75.7 Å². The molecule has 1 saturated heterocycles. The van der Waals surface area contributed by atoms with Crippen molar-refractivity contribution in [1.82, 2.24) is 9.62 Å². The van der Waals surface area contributed by atoms with Gasteiger partial charge in [0.15, 0.2) is 0 Å². The largest absolute Gasteiger partial charge is 0.495 e. The first-order chi connectivity index (χ1) is 11.8. The Kier molecular flexibility index (Phi) is 6.71. The lowest BCUT2D eigenvalue weighted by Crippen LogP contribution is -2.46. The van der Waals surface area contributed by atoms with Crippen LogP contribution in [0.5, 0.6) is 5.75 Å².